The number of piperidine rings is 1. The van der Waals surface area contributed by atoms with Gasteiger partial charge in [0, 0.05) is 29.4 Å². The van der Waals surface area contributed by atoms with E-state index in [0.29, 0.717) is 66.0 Å². The molecule has 1 unspecified atom stereocenters. The van der Waals surface area contributed by atoms with E-state index in [4.69, 9.17) is 25.5 Å². The highest BCUT2D eigenvalue weighted by Gasteiger charge is 2.30. The summed E-state index contributed by atoms with van der Waals surface area (Å²) in [6.07, 6.45) is 1.17. The summed E-state index contributed by atoms with van der Waals surface area (Å²) in [4.78, 5) is 27.7. The topological polar surface area (TPSA) is 81.0 Å². The van der Waals surface area contributed by atoms with Gasteiger partial charge < -0.3 is 24.1 Å². The largest absolute Gasteiger partial charge is 0.496 e. The van der Waals surface area contributed by atoms with Gasteiger partial charge in [-0.2, -0.15) is 0 Å². The van der Waals surface area contributed by atoms with Gasteiger partial charge >= 0.3 is 0 Å². The molecule has 1 saturated heterocycles. The first-order valence-corrected chi connectivity index (χ1v) is 11.9. The molecule has 2 amide bonds. The first kappa shape index (κ1) is 24.0. The summed E-state index contributed by atoms with van der Waals surface area (Å²) in [5.41, 5.74) is 1.12. The fraction of sp³-hybridized carbons (Fsp3) is 0.385. The fourth-order valence-electron chi connectivity index (χ4n) is 4.30. The number of ether oxygens (including phenoxy) is 2. The predicted octanol–water partition coefficient (Wildman–Crippen LogP) is 5.22. The number of carbonyl (C=O) groups excluding carboxylic acids is 2. The van der Waals surface area contributed by atoms with Crippen LogP contribution in [-0.2, 0) is 4.79 Å². The number of nitrogens with zero attached hydrogens (tertiary/aromatic N) is 1. The maximum absolute atomic E-state index is 13.0. The molecule has 180 valence electrons. The maximum atomic E-state index is 13.0. The summed E-state index contributed by atoms with van der Waals surface area (Å²) in [5, 5.41) is 4.48. The highest BCUT2D eigenvalue weighted by Crippen LogP contribution is 2.32. The molecule has 1 atom stereocenters. The van der Waals surface area contributed by atoms with Crippen molar-refractivity contribution < 1.29 is 23.5 Å². The van der Waals surface area contributed by atoms with Crippen LogP contribution in [0.3, 0.4) is 0 Å². The molecule has 1 aliphatic rings. The molecule has 8 heteroatoms. The Morgan fingerprint density at radius 1 is 1.18 bits per heavy atom. The van der Waals surface area contributed by atoms with Crippen LogP contribution in [0.25, 0.3) is 11.0 Å². The normalized spacial score (nSPS) is 15.2. The van der Waals surface area contributed by atoms with Crippen molar-refractivity contribution in [2.45, 2.75) is 32.7 Å². The third kappa shape index (κ3) is 4.99. The van der Waals surface area contributed by atoms with E-state index in [1.165, 1.54) is 7.11 Å². The quantitative estimate of drug-likeness (QED) is 0.497. The lowest BCUT2D eigenvalue weighted by Crippen LogP contribution is -2.43. The van der Waals surface area contributed by atoms with Crippen molar-refractivity contribution in [1.29, 1.82) is 0 Å². The third-order valence-electron chi connectivity index (χ3n) is 6.16. The van der Waals surface area contributed by atoms with E-state index in [1.54, 1.807) is 23.1 Å². The van der Waals surface area contributed by atoms with Gasteiger partial charge in [0.15, 0.2) is 11.3 Å². The number of carbonyl (C=O) groups is 2. The molecule has 1 N–H and O–H groups in total. The minimum atomic E-state index is -0.287. The number of benzene rings is 2. The number of para-hydroxylation sites is 1. The van der Waals surface area contributed by atoms with Crippen LogP contribution in [0, 0.1) is 5.92 Å². The summed E-state index contributed by atoms with van der Waals surface area (Å²) in [7, 11) is 1.53. The van der Waals surface area contributed by atoms with Crippen LogP contribution in [0.2, 0.25) is 5.02 Å². The zero-order valence-corrected chi connectivity index (χ0v) is 20.4. The van der Waals surface area contributed by atoms with E-state index in [1.807, 2.05) is 38.1 Å². The number of halogens is 1. The first-order chi connectivity index (χ1) is 16.4. The summed E-state index contributed by atoms with van der Waals surface area (Å²) in [6, 6.07) is 12.4. The molecule has 34 heavy (non-hydrogen) atoms. The molecule has 1 aromatic heterocycles. The van der Waals surface area contributed by atoms with Crippen LogP contribution in [-0.4, -0.2) is 43.5 Å². The van der Waals surface area contributed by atoms with Crippen LogP contribution in [0.15, 0.2) is 46.9 Å². The number of amides is 2. The van der Waals surface area contributed by atoms with Gasteiger partial charge in [0.1, 0.15) is 11.5 Å². The number of methoxy groups -OCH3 is 1. The Balaban J connectivity index is 1.37. The lowest BCUT2D eigenvalue weighted by Gasteiger charge is -2.32. The van der Waals surface area contributed by atoms with E-state index >= 15 is 0 Å². The second kappa shape index (κ2) is 10.4. The van der Waals surface area contributed by atoms with Gasteiger partial charge in [-0.1, -0.05) is 23.7 Å². The molecule has 2 aromatic carbocycles. The molecule has 7 nitrogen and oxygen atoms in total. The SMILES string of the molecule is CCOc1cccc2cc(C(C)NC(=O)C3CCN(C(=O)c4cc(Cl)ccc4OC)CC3)oc12. The number of hydrogen-bond donors (Lipinski definition) is 1. The van der Waals surface area contributed by atoms with Crippen molar-refractivity contribution in [3.05, 3.63) is 58.8 Å². The average Bonchev–Trinajstić information content (AvgIpc) is 3.29. The van der Waals surface area contributed by atoms with Crippen LogP contribution >= 0.6 is 11.6 Å². The summed E-state index contributed by atoms with van der Waals surface area (Å²) >= 11 is 6.08. The van der Waals surface area contributed by atoms with Crippen LogP contribution in [0.4, 0.5) is 0 Å². The van der Waals surface area contributed by atoms with Gasteiger partial charge in [-0.25, -0.2) is 0 Å². The van der Waals surface area contributed by atoms with Crippen molar-refractivity contribution in [1.82, 2.24) is 10.2 Å². The molecule has 0 spiro atoms. The van der Waals surface area contributed by atoms with Crippen LogP contribution < -0.4 is 14.8 Å². The Kier molecular flexibility index (Phi) is 7.32. The highest BCUT2D eigenvalue weighted by atomic mass is 35.5. The third-order valence-corrected chi connectivity index (χ3v) is 6.39. The second-order valence-electron chi connectivity index (χ2n) is 8.40. The first-order valence-electron chi connectivity index (χ1n) is 11.5. The molecule has 4 rings (SSSR count). The van der Waals surface area contributed by atoms with Gasteiger partial charge in [0.2, 0.25) is 5.91 Å². The van der Waals surface area contributed by atoms with E-state index in [-0.39, 0.29) is 23.8 Å². The summed E-state index contributed by atoms with van der Waals surface area (Å²) in [6.45, 7) is 5.36. The number of fused-ring (bicyclic) bond motifs is 1. The van der Waals surface area contributed by atoms with Crippen molar-refractivity contribution in [3.63, 3.8) is 0 Å². The molecule has 0 radical (unpaired) electrons. The Bertz CT molecular complexity index is 1180. The number of likely N-dealkylation sites (tertiary alicyclic amines) is 1. The van der Waals surface area contributed by atoms with Gasteiger partial charge in [0.05, 0.1) is 25.3 Å². The highest BCUT2D eigenvalue weighted by molar-refractivity contribution is 6.31. The Morgan fingerprint density at radius 3 is 2.65 bits per heavy atom. The van der Waals surface area contributed by atoms with Crippen molar-refractivity contribution >= 4 is 34.4 Å². The minimum absolute atomic E-state index is 0.0366. The predicted molar refractivity (Wildman–Crippen MR) is 131 cm³/mol. The molecule has 1 aliphatic heterocycles. The molecular formula is C26H29ClN2O5. The molecule has 0 bridgehead atoms. The Labute approximate surface area is 204 Å². The van der Waals surface area contributed by atoms with E-state index in [2.05, 4.69) is 5.32 Å². The van der Waals surface area contributed by atoms with Gasteiger partial charge in [-0.15, -0.1) is 0 Å². The molecule has 0 saturated carbocycles. The van der Waals surface area contributed by atoms with Crippen molar-refractivity contribution in [2.24, 2.45) is 5.92 Å². The maximum Gasteiger partial charge on any atom is 0.257 e. The standard InChI is InChI=1S/C26H29ClN2O5/c1-4-33-22-7-5-6-18-14-23(34-24(18)22)16(2)28-25(30)17-10-12-29(13-11-17)26(31)20-15-19(27)8-9-21(20)32-3/h5-9,14-17H,4,10-13H2,1-3H3,(H,28,30). The number of hydrogen-bond acceptors (Lipinski definition) is 5. The smallest absolute Gasteiger partial charge is 0.257 e. The van der Waals surface area contributed by atoms with E-state index in [0.717, 1.165) is 5.39 Å². The van der Waals surface area contributed by atoms with E-state index < -0.39 is 0 Å². The van der Waals surface area contributed by atoms with Crippen molar-refractivity contribution in [3.8, 4) is 11.5 Å². The zero-order chi connectivity index (χ0) is 24.2. The average molecular weight is 485 g/mol. The number of rotatable bonds is 7. The lowest BCUT2D eigenvalue weighted by atomic mass is 9.95. The summed E-state index contributed by atoms with van der Waals surface area (Å²) in [5.74, 6) is 1.51. The molecule has 1 fully saturated rings. The second-order valence-corrected chi connectivity index (χ2v) is 8.83. The monoisotopic (exact) mass is 484 g/mol. The van der Waals surface area contributed by atoms with Gasteiger partial charge in [0.25, 0.3) is 5.91 Å². The Morgan fingerprint density at radius 2 is 1.94 bits per heavy atom. The fourth-order valence-corrected chi connectivity index (χ4v) is 4.48. The molecule has 2 heterocycles. The molecular weight excluding hydrogens is 456 g/mol. The number of furan rings is 1. The molecule has 3 aromatic rings. The summed E-state index contributed by atoms with van der Waals surface area (Å²) < 4.78 is 17.0. The van der Waals surface area contributed by atoms with Crippen LogP contribution in [0.5, 0.6) is 11.5 Å². The minimum Gasteiger partial charge on any atom is -0.496 e. The zero-order valence-electron chi connectivity index (χ0n) is 19.6. The van der Waals surface area contributed by atoms with Gasteiger partial charge in [-0.3, -0.25) is 9.59 Å². The Hall–Kier alpha value is -3.19. The number of nitrogens with one attached hydrogen (secondary N) is 1. The lowest BCUT2D eigenvalue weighted by molar-refractivity contribution is -0.127. The van der Waals surface area contributed by atoms with Gasteiger partial charge in [-0.05, 0) is 57.0 Å². The van der Waals surface area contributed by atoms with Crippen molar-refractivity contribution in [2.75, 3.05) is 26.8 Å². The molecule has 0 aliphatic carbocycles. The van der Waals surface area contributed by atoms with E-state index in [9.17, 15) is 9.59 Å². The van der Waals surface area contributed by atoms with Crippen LogP contribution in [0.1, 0.15) is 48.8 Å².